The lowest BCUT2D eigenvalue weighted by atomic mass is 9.79. The molecule has 1 heterocycles. The fourth-order valence-electron chi connectivity index (χ4n) is 6.05. The van der Waals surface area contributed by atoms with Crippen molar-refractivity contribution in [3.63, 3.8) is 0 Å². The Morgan fingerprint density at radius 1 is 0.818 bits per heavy atom. The lowest BCUT2D eigenvalue weighted by Crippen LogP contribution is -2.50. The van der Waals surface area contributed by atoms with Crippen molar-refractivity contribution in [1.82, 2.24) is 10.2 Å². The van der Waals surface area contributed by atoms with E-state index < -0.39 is 50.0 Å². The molecule has 0 atom stereocenters. The Morgan fingerprint density at radius 3 is 1.77 bits per heavy atom. The zero-order valence-electron chi connectivity index (χ0n) is 23.4. The quantitative estimate of drug-likeness (QED) is 0.302. The molecular weight excluding hydrogens is 624 g/mol. The molecule has 2 aromatic rings. The molecule has 15 heteroatoms. The van der Waals surface area contributed by atoms with Crippen LogP contribution in [0.5, 0.6) is 0 Å². The fourth-order valence-corrected chi connectivity index (χ4v) is 8.21. The highest BCUT2D eigenvalue weighted by Crippen LogP contribution is 2.54. The smallest absolute Gasteiger partial charge is 0.353 e. The Hall–Kier alpha value is -3.23. The van der Waals surface area contributed by atoms with Gasteiger partial charge in [0.25, 0.3) is 0 Å². The van der Waals surface area contributed by atoms with Gasteiger partial charge in [-0.1, -0.05) is 24.3 Å². The number of hydrogen-bond donors (Lipinski definition) is 1. The van der Waals surface area contributed by atoms with Crippen molar-refractivity contribution in [2.75, 3.05) is 13.1 Å². The second kappa shape index (κ2) is 11.9. The van der Waals surface area contributed by atoms with E-state index in [2.05, 4.69) is 5.32 Å². The van der Waals surface area contributed by atoms with Crippen molar-refractivity contribution in [3.05, 3.63) is 65.5 Å². The summed E-state index contributed by atoms with van der Waals surface area (Å²) in [7, 11) is -4.44. The summed E-state index contributed by atoms with van der Waals surface area (Å²) in [5.41, 5.74) is -7.62. The Bertz CT molecular complexity index is 1440. The number of hydrogen-bond acceptors (Lipinski definition) is 4. The Morgan fingerprint density at radius 2 is 1.32 bits per heavy atom. The molecule has 1 saturated heterocycles. The molecule has 0 aromatic heterocycles. The highest BCUT2D eigenvalue weighted by molar-refractivity contribution is 7.92. The van der Waals surface area contributed by atoms with Gasteiger partial charge in [-0.15, -0.1) is 0 Å². The number of likely N-dealkylation sites (tertiary alicyclic amines) is 1. The van der Waals surface area contributed by atoms with E-state index in [9.17, 15) is 53.1 Å². The van der Waals surface area contributed by atoms with Crippen molar-refractivity contribution >= 4 is 21.7 Å². The molecule has 1 aliphatic heterocycles. The summed E-state index contributed by atoms with van der Waals surface area (Å²) in [6.07, 6.45) is -12.0. The zero-order valence-corrected chi connectivity index (χ0v) is 24.3. The SMILES string of the molecule is CC(=O)N1CCC(C(=O)NC2CCC(c3ccc(C(F)(C(F)(F)F)C(F)(F)F)cc3)(S(=O)(=O)c3ccc(F)cc3)CC2)CC1. The molecule has 2 amide bonds. The number of carbonyl (C=O) groups is 2. The van der Waals surface area contributed by atoms with Crippen LogP contribution in [0.3, 0.4) is 0 Å². The summed E-state index contributed by atoms with van der Waals surface area (Å²) in [5, 5.41) is 2.90. The predicted molar refractivity (Wildman–Crippen MR) is 142 cm³/mol. The van der Waals surface area contributed by atoms with Crippen molar-refractivity contribution < 1.29 is 53.1 Å². The first-order valence-corrected chi connectivity index (χ1v) is 15.3. The lowest BCUT2D eigenvalue weighted by molar-refractivity contribution is -0.348. The second-order valence-electron chi connectivity index (χ2n) is 11.2. The Kier molecular flexibility index (Phi) is 9.13. The molecule has 1 N–H and O–H groups in total. The lowest BCUT2D eigenvalue weighted by Gasteiger charge is -2.41. The van der Waals surface area contributed by atoms with Crippen molar-refractivity contribution in [3.8, 4) is 0 Å². The summed E-state index contributed by atoms with van der Waals surface area (Å²) in [4.78, 5) is 25.8. The largest absolute Gasteiger partial charge is 0.435 e. The molecule has 1 aliphatic carbocycles. The van der Waals surface area contributed by atoms with Gasteiger partial charge in [0.2, 0.25) is 11.8 Å². The third-order valence-corrected chi connectivity index (χ3v) is 11.2. The van der Waals surface area contributed by atoms with Gasteiger partial charge in [-0.25, -0.2) is 17.2 Å². The van der Waals surface area contributed by atoms with E-state index in [0.29, 0.717) is 25.9 Å². The van der Waals surface area contributed by atoms with E-state index in [1.165, 1.54) is 6.92 Å². The predicted octanol–water partition coefficient (Wildman–Crippen LogP) is 6.10. The first-order chi connectivity index (χ1) is 20.3. The molecule has 4 rings (SSSR count). The molecule has 44 heavy (non-hydrogen) atoms. The minimum absolute atomic E-state index is 0.0817. The molecule has 0 radical (unpaired) electrons. The number of piperidine rings is 1. The standard InChI is InChI=1S/C29H30F8N2O4S/c1-18(40)39-16-12-19(13-17-39)25(41)38-23-10-14-26(15-11-23,44(42,43)24-8-6-22(30)7-9-24)20-2-4-21(5-3-20)27(31,28(32,33)34)29(35,36)37/h2-9,19,23H,10-17H2,1H3,(H,38,41). The molecule has 1 saturated carbocycles. The van der Waals surface area contributed by atoms with E-state index in [1.807, 2.05) is 0 Å². The van der Waals surface area contributed by atoms with E-state index in [-0.39, 0.29) is 66.0 Å². The normalized spacial score (nSPS) is 22.5. The number of sulfone groups is 1. The van der Waals surface area contributed by atoms with Crippen molar-refractivity contribution in [1.29, 1.82) is 0 Å². The summed E-state index contributed by atoms with van der Waals surface area (Å²) < 4.78 is 134. The van der Waals surface area contributed by atoms with Crippen LogP contribution in [0.25, 0.3) is 0 Å². The van der Waals surface area contributed by atoms with E-state index in [0.717, 1.165) is 36.4 Å². The topological polar surface area (TPSA) is 83.6 Å². The number of rotatable bonds is 6. The minimum atomic E-state index is -6.34. The number of alkyl halides is 7. The maximum Gasteiger partial charge on any atom is 0.435 e. The van der Waals surface area contributed by atoms with Gasteiger partial charge in [0.05, 0.1) is 4.90 Å². The first kappa shape index (κ1) is 33.7. The van der Waals surface area contributed by atoms with Gasteiger partial charge in [0, 0.05) is 37.5 Å². The van der Waals surface area contributed by atoms with Gasteiger partial charge in [-0.2, -0.15) is 26.3 Å². The Balaban J connectivity index is 1.63. The molecule has 242 valence electrons. The number of benzene rings is 2. The van der Waals surface area contributed by atoms with Crippen LogP contribution in [-0.2, 0) is 29.8 Å². The Labute approximate surface area is 248 Å². The molecular formula is C29H30F8N2O4S. The number of nitrogens with zero attached hydrogens (tertiary/aromatic N) is 1. The van der Waals surface area contributed by atoms with Crippen LogP contribution in [0.4, 0.5) is 35.1 Å². The van der Waals surface area contributed by atoms with Crippen LogP contribution < -0.4 is 5.32 Å². The monoisotopic (exact) mass is 654 g/mol. The molecule has 2 aromatic carbocycles. The summed E-state index contributed by atoms with van der Waals surface area (Å²) in [6.45, 7) is 2.26. The zero-order chi connectivity index (χ0) is 32.7. The maximum absolute atomic E-state index is 14.7. The third kappa shape index (κ3) is 6.03. The van der Waals surface area contributed by atoms with E-state index >= 15 is 0 Å². The van der Waals surface area contributed by atoms with Gasteiger partial charge in [0.1, 0.15) is 10.6 Å². The average Bonchev–Trinajstić information content (AvgIpc) is 2.96. The van der Waals surface area contributed by atoms with Gasteiger partial charge in [0.15, 0.2) is 9.84 Å². The second-order valence-corrected chi connectivity index (χ2v) is 13.5. The van der Waals surface area contributed by atoms with Crippen molar-refractivity contribution in [2.45, 2.75) is 79.2 Å². The van der Waals surface area contributed by atoms with Crippen LogP contribution in [0.1, 0.15) is 56.6 Å². The van der Waals surface area contributed by atoms with Crippen LogP contribution in [-0.4, -0.2) is 56.6 Å². The molecule has 2 aliphatic rings. The van der Waals surface area contributed by atoms with E-state index in [4.69, 9.17) is 0 Å². The summed E-state index contributed by atoms with van der Waals surface area (Å²) >= 11 is 0. The molecule has 0 unspecified atom stereocenters. The van der Waals surface area contributed by atoms with Crippen LogP contribution in [0.15, 0.2) is 53.4 Å². The fraction of sp³-hybridized carbons (Fsp3) is 0.517. The van der Waals surface area contributed by atoms with Gasteiger partial charge >= 0.3 is 18.0 Å². The van der Waals surface area contributed by atoms with E-state index in [1.54, 1.807) is 4.90 Å². The number of carbonyl (C=O) groups excluding carboxylic acids is 2. The highest BCUT2D eigenvalue weighted by atomic mass is 32.2. The van der Waals surface area contributed by atoms with Crippen LogP contribution >= 0.6 is 0 Å². The molecule has 0 bridgehead atoms. The van der Waals surface area contributed by atoms with Gasteiger partial charge < -0.3 is 10.2 Å². The maximum atomic E-state index is 14.7. The van der Waals surface area contributed by atoms with Crippen LogP contribution in [0.2, 0.25) is 0 Å². The minimum Gasteiger partial charge on any atom is -0.353 e. The third-order valence-electron chi connectivity index (χ3n) is 8.68. The first-order valence-electron chi connectivity index (χ1n) is 13.8. The molecule has 0 spiro atoms. The number of halogens is 8. The number of amides is 2. The van der Waals surface area contributed by atoms with Crippen LogP contribution in [0, 0.1) is 11.7 Å². The van der Waals surface area contributed by atoms with Gasteiger partial charge in [-0.05, 0) is 68.4 Å². The molecule has 2 fully saturated rings. The highest BCUT2D eigenvalue weighted by Gasteiger charge is 2.73. The summed E-state index contributed by atoms with van der Waals surface area (Å²) in [5.74, 6) is -1.47. The van der Waals surface area contributed by atoms with Crippen molar-refractivity contribution in [2.24, 2.45) is 5.92 Å². The summed E-state index contributed by atoms with van der Waals surface area (Å²) in [6, 6.07) is 5.35. The number of nitrogens with one attached hydrogen (secondary N) is 1. The molecule has 6 nitrogen and oxygen atoms in total. The van der Waals surface area contributed by atoms with Gasteiger partial charge in [-0.3, -0.25) is 9.59 Å². The average molecular weight is 655 g/mol.